The van der Waals surface area contributed by atoms with Crippen LogP contribution in [0.3, 0.4) is 0 Å². The van der Waals surface area contributed by atoms with E-state index in [1.54, 1.807) is 35.2 Å². The summed E-state index contributed by atoms with van der Waals surface area (Å²) in [6.45, 7) is 6.91. The van der Waals surface area contributed by atoms with Gasteiger partial charge in [0.1, 0.15) is 12.4 Å². The summed E-state index contributed by atoms with van der Waals surface area (Å²) in [4.78, 5) is 26.9. The largest absolute Gasteiger partial charge is 0.490 e. The lowest BCUT2D eigenvalue weighted by Crippen LogP contribution is -2.30. The molecule has 7 nitrogen and oxygen atoms in total. The summed E-state index contributed by atoms with van der Waals surface area (Å²) in [5.74, 6) is -0.0843. The zero-order chi connectivity index (χ0) is 26.4. The van der Waals surface area contributed by atoms with Crippen LogP contribution in [0.2, 0.25) is 0 Å². The van der Waals surface area contributed by atoms with Crippen LogP contribution in [0.1, 0.15) is 35.6 Å². The van der Waals surface area contributed by atoms with Gasteiger partial charge in [0.05, 0.1) is 18.7 Å². The van der Waals surface area contributed by atoms with E-state index in [-0.39, 0.29) is 30.7 Å². The van der Waals surface area contributed by atoms with Crippen molar-refractivity contribution in [2.45, 2.75) is 33.8 Å². The van der Waals surface area contributed by atoms with Crippen molar-refractivity contribution < 1.29 is 23.5 Å². The number of nitrogens with zero attached hydrogens (tertiary/aromatic N) is 2. The fourth-order valence-electron chi connectivity index (χ4n) is 4.02. The maximum atomic E-state index is 13.1. The van der Waals surface area contributed by atoms with Crippen LogP contribution in [0.5, 0.6) is 11.5 Å². The van der Waals surface area contributed by atoms with E-state index in [1.807, 2.05) is 39.0 Å². The van der Waals surface area contributed by atoms with E-state index in [0.29, 0.717) is 30.2 Å². The van der Waals surface area contributed by atoms with E-state index in [1.165, 1.54) is 18.3 Å². The molecule has 0 aromatic heterocycles. The molecule has 37 heavy (non-hydrogen) atoms. The van der Waals surface area contributed by atoms with Gasteiger partial charge in [0.15, 0.2) is 11.5 Å². The van der Waals surface area contributed by atoms with E-state index in [9.17, 15) is 14.0 Å². The van der Waals surface area contributed by atoms with Crippen LogP contribution < -0.4 is 19.8 Å². The zero-order valence-electron chi connectivity index (χ0n) is 21.2. The summed E-state index contributed by atoms with van der Waals surface area (Å²) in [7, 11) is 0. The van der Waals surface area contributed by atoms with Crippen molar-refractivity contribution in [2.75, 3.05) is 18.1 Å². The van der Waals surface area contributed by atoms with Crippen molar-refractivity contribution in [1.82, 2.24) is 5.43 Å². The normalized spacial score (nSPS) is 15.3. The number of benzene rings is 3. The standard InChI is InChI=1S/C29H30FN3O4/c1-4-36-27-14-22(8-12-26(27)37-18-21-6-9-24(30)10-7-21)16-31-32-29(35)23-15-28(34)33(17-23)25-11-5-19(2)20(3)13-25/h5-14,16,23H,4,15,17-18H2,1-3H3,(H,32,35)/b31-16-/t23-/m0/s1. The molecule has 1 atom stereocenters. The Balaban J connectivity index is 1.35. The Morgan fingerprint density at radius 3 is 2.57 bits per heavy atom. The molecule has 192 valence electrons. The summed E-state index contributed by atoms with van der Waals surface area (Å²) >= 11 is 0. The highest BCUT2D eigenvalue weighted by atomic mass is 19.1. The van der Waals surface area contributed by atoms with Crippen LogP contribution in [0.4, 0.5) is 10.1 Å². The predicted octanol–water partition coefficient (Wildman–Crippen LogP) is 4.92. The van der Waals surface area contributed by atoms with Crippen LogP contribution in [-0.2, 0) is 16.2 Å². The van der Waals surface area contributed by atoms with Crippen LogP contribution in [0.25, 0.3) is 0 Å². The third-order valence-electron chi connectivity index (χ3n) is 6.26. The maximum Gasteiger partial charge on any atom is 0.245 e. The van der Waals surface area contributed by atoms with E-state index < -0.39 is 5.92 Å². The molecule has 1 fully saturated rings. The lowest BCUT2D eigenvalue weighted by molar-refractivity contribution is -0.126. The molecule has 1 saturated heterocycles. The van der Waals surface area contributed by atoms with Gasteiger partial charge in [0, 0.05) is 18.7 Å². The molecule has 3 aromatic rings. The Morgan fingerprint density at radius 2 is 1.84 bits per heavy atom. The Morgan fingerprint density at radius 1 is 1.05 bits per heavy atom. The van der Waals surface area contributed by atoms with Gasteiger partial charge in [-0.25, -0.2) is 9.82 Å². The first-order chi connectivity index (χ1) is 17.8. The fourth-order valence-corrected chi connectivity index (χ4v) is 4.02. The van der Waals surface area contributed by atoms with Gasteiger partial charge in [0.2, 0.25) is 11.8 Å². The molecular weight excluding hydrogens is 473 g/mol. The van der Waals surface area contributed by atoms with Gasteiger partial charge in [-0.15, -0.1) is 0 Å². The Hall–Kier alpha value is -4.20. The second kappa shape index (κ2) is 11.7. The van der Waals surface area contributed by atoms with Crippen molar-refractivity contribution in [3.05, 3.63) is 88.7 Å². The molecule has 0 aliphatic carbocycles. The van der Waals surface area contributed by atoms with Gasteiger partial charge in [-0.2, -0.15) is 5.10 Å². The fraction of sp³-hybridized carbons (Fsp3) is 0.276. The van der Waals surface area contributed by atoms with Crippen LogP contribution in [0.15, 0.2) is 65.8 Å². The smallest absolute Gasteiger partial charge is 0.245 e. The number of ether oxygens (including phenoxy) is 2. The highest BCUT2D eigenvalue weighted by molar-refractivity contribution is 6.00. The number of hydrazone groups is 1. The van der Waals surface area contributed by atoms with Crippen molar-refractivity contribution in [3.8, 4) is 11.5 Å². The lowest BCUT2D eigenvalue weighted by Gasteiger charge is -2.17. The Labute approximate surface area is 215 Å². The molecule has 0 spiro atoms. The van der Waals surface area contributed by atoms with Crippen LogP contribution >= 0.6 is 0 Å². The number of nitrogens with one attached hydrogen (secondary N) is 1. The summed E-state index contributed by atoms with van der Waals surface area (Å²) in [5.41, 5.74) is 7.14. The van der Waals surface area contributed by atoms with Crippen LogP contribution in [-0.4, -0.2) is 31.2 Å². The van der Waals surface area contributed by atoms with Crippen molar-refractivity contribution in [3.63, 3.8) is 0 Å². The van der Waals surface area contributed by atoms with Crippen molar-refractivity contribution in [1.29, 1.82) is 0 Å². The predicted molar refractivity (Wildman–Crippen MR) is 140 cm³/mol. The van der Waals surface area contributed by atoms with Gasteiger partial charge < -0.3 is 14.4 Å². The first-order valence-electron chi connectivity index (χ1n) is 12.2. The number of hydrogen-bond donors (Lipinski definition) is 1. The molecule has 1 N–H and O–H groups in total. The topological polar surface area (TPSA) is 80.2 Å². The molecule has 2 amide bonds. The van der Waals surface area contributed by atoms with Gasteiger partial charge in [-0.3, -0.25) is 9.59 Å². The first kappa shape index (κ1) is 25.9. The number of anilines is 1. The van der Waals surface area contributed by atoms with Gasteiger partial charge >= 0.3 is 0 Å². The second-order valence-electron chi connectivity index (χ2n) is 8.96. The molecule has 3 aromatic carbocycles. The SMILES string of the molecule is CCOc1cc(/C=N\NC(=O)[C@H]2CC(=O)N(c3ccc(C)c(C)c3)C2)ccc1OCc1ccc(F)cc1. The molecular formula is C29H30FN3O4. The maximum absolute atomic E-state index is 13.1. The number of amides is 2. The average Bonchev–Trinajstić information content (AvgIpc) is 3.28. The number of carbonyl (C=O) groups is 2. The van der Waals surface area contributed by atoms with E-state index >= 15 is 0 Å². The van der Waals surface area contributed by atoms with E-state index in [2.05, 4.69) is 10.5 Å². The molecule has 8 heteroatoms. The number of aryl methyl sites for hydroxylation is 2. The molecule has 0 saturated carbocycles. The average molecular weight is 504 g/mol. The van der Waals surface area contributed by atoms with E-state index in [0.717, 1.165) is 22.4 Å². The third-order valence-corrected chi connectivity index (χ3v) is 6.26. The highest BCUT2D eigenvalue weighted by Gasteiger charge is 2.35. The lowest BCUT2D eigenvalue weighted by atomic mass is 10.1. The molecule has 1 aliphatic heterocycles. The third kappa shape index (κ3) is 6.52. The summed E-state index contributed by atoms with van der Waals surface area (Å²) in [6, 6.07) is 17.3. The van der Waals surface area contributed by atoms with E-state index in [4.69, 9.17) is 9.47 Å². The number of hydrogen-bond acceptors (Lipinski definition) is 5. The number of carbonyl (C=O) groups excluding carboxylic acids is 2. The Kier molecular flexibility index (Phi) is 8.18. The van der Waals surface area contributed by atoms with Crippen molar-refractivity contribution in [2.24, 2.45) is 11.0 Å². The minimum atomic E-state index is -0.479. The quantitative estimate of drug-likeness (QED) is 0.332. The first-order valence-corrected chi connectivity index (χ1v) is 12.2. The molecule has 0 bridgehead atoms. The van der Waals surface area contributed by atoms with Gasteiger partial charge in [0.25, 0.3) is 0 Å². The Bertz CT molecular complexity index is 1310. The monoisotopic (exact) mass is 503 g/mol. The molecule has 0 radical (unpaired) electrons. The minimum absolute atomic E-state index is 0.0787. The highest BCUT2D eigenvalue weighted by Crippen LogP contribution is 2.29. The molecule has 4 rings (SSSR count). The van der Waals surface area contributed by atoms with Crippen molar-refractivity contribution >= 4 is 23.7 Å². The summed E-state index contributed by atoms with van der Waals surface area (Å²) in [6.07, 6.45) is 1.66. The van der Waals surface area contributed by atoms with Gasteiger partial charge in [-0.05, 0) is 85.5 Å². The molecule has 0 unspecified atom stereocenters. The number of halogens is 1. The van der Waals surface area contributed by atoms with Crippen LogP contribution in [0, 0.1) is 25.6 Å². The summed E-state index contributed by atoms with van der Waals surface area (Å²) < 4.78 is 24.7. The minimum Gasteiger partial charge on any atom is -0.490 e. The second-order valence-corrected chi connectivity index (χ2v) is 8.96. The number of rotatable bonds is 9. The summed E-state index contributed by atoms with van der Waals surface area (Å²) in [5, 5.41) is 4.08. The zero-order valence-corrected chi connectivity index (χ0v) is 21.2. The molecule has 1 aliphatic rings. The van der Waals surface area contributed by atoms with Gasteiger partial charge in [-0.1, -0.05) is 18.2 Å². The molecule has 1 heterocycles.